The van der Waals surface area contributed by atoms with E-state index in [1.54, 1.807) is 12.1 Å². The van der Waals surface area contributed by atoms with Crippen molar-refractivity contribution in [1.82, 2.24) is 4.72 Å². The highest BCUT2D eigenvalue weighted by atomic mass is 32.2. The molecule has 0 spiro atoms. The predicted octanol–water partition coefficient (Wildman–Crippen LogP) is 3.61. The molecule has 0 saturated carbocycles. The summed E-state index contributed by atoms with van der Waals surface area (Å²) in [6.45, 7) is 10.2. The lowest BCUT2D eigenvalue weighted by molar-refractivity contribution is 0.438. The molecule has 1 aromatic carbocycles. The number of rotatable bonds is 8. The van der Waals surface area contributed by atoms with Gasteiger partial charge in [0.2, 0.25) is 10.0 Å². The molecule has 0 fully saturated rings. The zero-order chi connectivity index (χ0) is 16.0. The van der Waals surface area contributed by atoms with Crippen LogP contribution in [-0.4, -0.2) is 20.5 Å². The predicted molar refractivity (Wildman–Crippen MR) is 89.1 cm³/mol. The summed E-state index contributed by atoms with van der Waals surface area (Å²) in [5.74, 6) is 0.621. The van der Waals surface area contributed by atoms with Crippen molar-refractivity contribution in [2.75, 3.05) is 5.32 Å². The minimum Gasteiger partial charge on any atom is -0.382 e. The van der Waals surface area contributed by atoms with Crippen LogP contribution in [0, 0.1) is 5.92 Å². The van der Waals surface area contributed by atoms with E-state index in [0.29, 0.717) is 16.9 Å². The maximum Gasteiger partial charge on any atom is 0.240 e. The highest BCUT2D eigenvalue weighted by Crippen LogP contribution is 2.19. The number of benzene rings is 1. The van der Waals surface area contributed by atoms with Crippen LogP contribution in [-0.2, 0) is 10.0 Å². The zero-order valence-electron chi connectivity index (χ0n) is 13.7. The summed E-state index contributed by atoms with van der Waals surface area (Å²) in [6, 6.07) is 7.21. The Bertz CT molecular complexity index is 520. The molecule has 0 aromatic heterocycles. The zero-order valence-corrected chi connectivity index (χ0v) is 14.5. The van der Waals surface area contributed by atoms with Gasteiger partial charge in [-0.3, -0.25) is 0 Å². The highest BCUT2D eigenvalue weighted by Gasteiger charge is 2.16. The lowest BCUT2D eigenvalue weighted by Crippen LogP contribution is -2.30. The molecule has 0 aliphatic rings. The van der Waals surface area contributed by atoms with Gasteiger partial charge in [-0.05, 0) is 51.0 Å². The average molecular weight is 312 g/mol. The van der Waals surface area contributed by atoms with E-state index in [2.05, 4.69) is 30.8 Å². The van der Waals surface area contributed by atoms with Crippen molar-refractivity contribution in [3.63, 3.8) is 0 Å². The maximum atomic E-state index is 12.0. The molecule has 0 amide bonds. The van der Waals surface area contributed by atoms with Crippen molar-refractivity contribution in [2.45, 2.75) is 64.4 Å². The van der Waals surface area contributed by atoms with Crippen LogP contribution < -0.4 is 10.0 Å². The van der Waals surface area contributed by atoms with Crippen molar-refractivity contribution in [2.24, 2.45) is 5.92 Å². The van der Waals surface area contributed by atoms with Gasteiger partial charge in [-0.2, -0.15) is 0 Å². The molecule has 1 rings (SSSR count). The monoisotopic (exact) mass is 312 g/mol. The number of anilines is 1. The number of sulfonamides is 1. The molecule has 0 bridgehead atoms. The summed E-state index contributed by atoms with van der Waals surface area (Å²) >= 11 is 0. The van der Waals surface area contributed by atoms with Gasteiger partial charge in [0.1, 0.15) is 0 Å². The highest BCUT2D eigenvalue weighted by molar-refractivity contribution is 7.89. The molecule has 1 aromatic rings. The first kappa shape index (κ1) is 18.0. The normalized spacial score (nSPS) is 13.7. The van der Waals surface area contributed by atoms with Gasteiger partial charge in [-0.1, -0.05) is 26.7 Å². The molecule has 5 heteroatoms. The van der Waals surface area contributed by atoms with Crippen molar-refractivity contribution < 1.29 is 8.42 Å². The maximum absolute atomic E-state index is 12.0. The Morgan fingerprint density at radius 3 is 1.95 bits per heavy atom. The van der Waals surface area contributed by atoms with E-state index in [0.717, 1.165) is 18.5 Å². The van der Waals surface area contributed by atoms with E-state index < -0.39 is 10.0 Å². The van der Waals surface area contributed by atoms with Crippen LogP contribution in [0.15, 0.2) is 29.2 Å². The summed E-state index contributed by atoms with van der Waals surface area (Å²) < 4.78 is 26.7. The molecule has 120 valence electrons. The second kappa shape index (κ2) is 7.80. The lowest BCUT2D eigenvalue weighted by Gasteiger charge is -2.23. The number of hydrogen-bond donors (Lipinski definition) is 2. The first-order chi connectivity index (χ1) is 9.80. The molecule has 2 N–H and O–H groups in total. The largest absolute Gasteiger partial charge is 0.382 e. The van der Waals surface area contributed by atoms with Crippen molar-refractivity contribution in [1.29, 1.82) is 0 Å². The Morgan fingerprint density at radius 2 is 1.52 bits per heavy atom. The fourth-order valence-electron chi connectivity index (χ4n) is 2.49. The Hall–Kier alpha value is -1.07. The molecule has 1 atom stereocenters. The fraction of sp³-hybridized carbons (Fsp3) is 0.625. The molecular formula is C16H28N2O2S. The smallest absolute Gasteiger partial charge is 0.240 e. The van der Waals surface area contributed by atoms with Gasteiger partial charge in [0.15, 0.2) is 0 Å². The second-order valence-electron chi connectivity index (χ2n) is 5.81. The van der Waals surface area contributed by atoms with Gasteiger partial charge in [0, 0.05) is 17.8 Å². The third-order valence-corrected chi connectivity index (χ3v) is 5.38. The quantitative estimate of drug-likeness (QED) is 0.771. The van der Waals surface area contributed by atoms with Crippen LogP contribution in [0.2, 0.25) is 0 Å². The number of hydrogen-bond acceptors (Lipinski definition) is 3. The van der Waals surface area contributed by atoms with Crippen molar-refractivity contribution >= 4 is 15.7 Å². The molecule has 0 aliphatic carbocycles. The third kappa shape index (κ3) is 5.32. The first-order valence-corrected chi connectivity index (χ1v) is 9.17. The van der Waals surface area contributed by atoms with Crippen LogP contribution in [0.3, 0.4) is 0 Å². The molecule has 21 heavy (non-hydrogen) atoms. The molecular weight excluding hydrogens is 284 g/mol. The molecule has 0 heterocycles. The average Bonchev–Trinajstić information content (AvgIpc) is 2.39. The molecule has 0 aliphatic heterocycles. The van der Waals surface area contributed by atoms with Gasteiger partial charge < -0.3 is 5.32 Å². The molecule has 1 unspecified atom stereocenters. The summed E-state index contributed by atoms with van der Waals surface area (Å²) in [4.78, 5) is 0.303. The Balaban J connectivity index is 2.79. The van der Waals surface area contributed by atoms with E-state index in [9.17, 15) is 8.42 Å². The van der Waals surface area contributed by atoms with Gasteiger partial charge in [0.05, 0.1) is 4.90 Å². The Kier molecular flexibility index (Phi) is 6.68. The molecule has 4 nitrogen and oxygen atoms in total. The standard InChI is InChI=1S/C16H28N2O2S/c1-6-14(7-2)13(5)17-15-8-10-16(11-9-15)21(19,20)18-12(3)4/h8-14,17-18H,6-7H2,1-5H3. The minimum absolute atomic E-state index is 0.109. The van der Waals surface area contributed by atoms with Crippen LogP contribution in [0.25, 0.3) is 0 Å². The summed E-state index contributed by atoms with van der Waals surface area (Å²) in [5.41, 5.74) is 0.956. The topological polar surface area (TPSA) is 58.2 Å². The van der Waals surface area contributed by atoms with Crippen molar-refractivity contribution in [3.8, 4) is 0 Å². The van der Waals surface area contributed by atoms with Gasteiger partial charge >= 0.3 is 0 Å². The van der Waals surface area contributed by atoms with Gasteiger partial charge in [-0.25, -0.2) is 13.1 Å². The summed E-state index contributed by atoms with van der Waals surface area (Å²) in [6.07, 6.45) is 2.27. The van der Waals surface area contributed by atoms with Gasteiger partial charge in [0.25, 0.3) is 0 Å². The van der Waals surface area contributed by atoms with E-state index in [4.69, 9.17) is 0 Å². The first-order valence-electron chi connectivity index (χ1n) is 7.69. The van der Waals surface area contributed by atoms with Crippen LogP contribution in [0.4, 0.5) is 5.69 Å². The fourth-order valence-corrected chi connectivity index (χ4v) is 3.74. The van der Waals surface area contributed by atoms with E-state index >= 15 is 0 Å². The van der Waals surface area contributed by atoms with E-state index in [-0.39, 0.29) is 6.04 Å². The van der Waals surface area contributed by atoms with E-state index in [1.165, 1.54) is 0 Å². The molecule has 0 radical (unpaired) electrons. The van der Waals surface area contributed by atoms with Crippen LogP contribution >= 0.6 is 0 Å². The lowest BCUT2D eigenvalue weighted by atomic mass is 9.95. The van der Waals surface area contributed by atoms with E-state index in [1.807, 2.05) is 26.0 Å². The SMILES string of the molecule is CCC(CC)C(C)Nc1ccc(S(=O)(=O)NC(C)C)cc1. The van der Waals surface area contributed by atoms with Crippen LogP contribution in [0.1, 0.15) is 47.5 Å². The Labute approximate surface area is 129 Å². The van der Waals surface area contributed by atoms with Gasteiger partial charge in [-0.15, -0.1) is 0 Å². The number of nitrogens with one attached hydrogen (secondary N) is 2. The summed E-state index contributed by atoms with van der Waals surface area (Å²) in [5, 5.41) is 3.45. The molecule has 0 saturated heterocycles. The third-order valence-electron chi connectivity index (χ3n) is 3.71. The van der Waals surface area contributed by atoms with Crippen molar-refractivity contribution in [3.05, 3.63) is 24.3 Å². The second-order valence-corrected chi connectivity index (χ2v) is 7.52. The Morgan fingerprint density at radius 1 is 1.00 bits per heavy atom. The summed E-state index contributed by atoms with van der Waals surface area (Å²) in [7, 11) is -3.41. The minimum atomic E-state index is -3.41. The van der Waals surface area contributed by atoms with Crippen LogP contribution in [0.5, 0.6) is 0 Å².